The van der Waals surface area contributed by atoms with Gasteiger partial charge in [-0.05, 0) is 30.6 Å². The topological polar surface area (TPSA) is 29.5 Å². The number of rotatable bonds is 5. The Morgan fingerprint density at radius 1 is 1.10 bits per heavy atom. The van der Waals surface area contributed by atoms with E-state index in [4.69, 9.17) is 4.43 Å². The Hall–Kier alpha value is -0.903. The van der Waals surface area contributed by atoms with Gasteiger partial charge in [0, 0.05) is 0 Å². The molecule has 20 heavy (non-hydrogen) atoms. The highest BCUT2D eigenvalue weighted by atomic mass is 28.4. The minimum absolute atomic E-state index is 0.159. The van der Waals surface area contributed by atoms with E-state index in [1.54, 1.807) is 6.92 Å². The monoisotopic (exact) mass is 292 g/mol. The highest BCUT2D eigenvalue weighted by Crippen LogP contribution is 2.37. The van der Waals surface area contributed by atoms with Gasteiger partial charge < -0.3 is 9.53 Å². The molecule has 0 aromatic heterocycles. The fourth-order valence-electron chi connectivity index (χ4n) is 1.43. The maximum absolute atomic E-state index is 10.4. The van der Waals surface area contributed by atoms with Crippen LogP contribution in [0.15, 0.2) is 36.4 Å². The van der Waals surface area contributed by atoms with Crippen LogP contribution < -0.4 is 0 Å². The molecule has 0 saturated heterocycles. The van der Waals surface area contributed by atoms with Crippen LogP contribution in [0.2, 0.25) is 18.1 Å². The summed E-state index contributed by atoms with van der Waals surface area (Å²) in [4.78, 5) is 0. The lowest BCUT2D eigenvalue weighted by atomic mass is 10.1. The van der Waals surface area contributed by atoms with E-state index < -0.39 is 13.9 Å². The second-order valence-corrected chi connectivity index (χ2v) is 12.0. The molecule has 0 amide bonds. The SMILES string of the molecule is CC(C)(C)[Si](C)(C)OC[C@@](C)(O)/C=C/c1ccccc1. The van der Waals surface area contributed by atoms with Crippen molar-refractivity contribution < 1.29 is 9.53 Å². The summed E-state index contributed by atoms with van der Waals surface area (Å²) in [7, 11) is -1.82. The molecule has 0 aliphatic rings. The van der Waals surface area contributed by atoms with Gasteiger partial charge in [-0.25, -0.2) is 0 Å². The summed E-state index contributed by atoms with van der Waals surface area (Å²) in [6, 6.07) is 9.99. The fourth-order valence-corrected chi connectivity index (χ4v) is 2.52. The van der Waals surface area contributed by atoms with Gasteiger partial charge in [0.1, 0.15) is 5.60 Å². The Labute approximate surface area is 124 Å². The molecule has 2 nitrogen and oxygen atoms in total. The van der Waals surface area contributed by atoms with Crippen LogP contribution in [0.4, 0.5) is 0 Å². The normalized spacial score (nSPS) is 16.4. The highest BCUT2D eigenvalue weighted by Gasteiger charge is 2.38. The van der Waals surface area contributed by atoms with E-state index in [9.17, 15) is 5.11 Å². The zero-order chi connectivity index (χ0) is 15.4. The molecule has 0 fully saturated rings. The molecule has 0 unspecified atom stereocenters. The Bertz CT molecular complexity index is 442. The van der Waals surface area contributed by atoms with Gasteiger partial charge in [-0.2, -0.15) is 0 Å². The third kappa shape index (κ3) is 5.23. The van der Waals surface area contributed by atoms with Crippen molar-refractivity contribution in [1.82, 2.24) is 0 Å². The summed E-state index contributed by atoms with van der Waals surface area (Å²) >= 11 is 0. The number of aliphatic hydroxyl groups is 1. The maximum atomic E-state index is 10.4. The molecule has 1 aromatic carbocycles. The summed E-state index contributed by atoms with van der Waals surface area (Å²) < 4.78 is 6.08. The molecule has 1 atom stereocenters. The zero-order valence-electron chi connectivity index (χ0n) is 13.6. The Morgan fingerprint density at radius 3 is 2.15 bits per heavy atom. The fraction of sp³-hybridized carbons (Fsp3) is 0.529. The first kappa shape index (κ1) is 17.1. The molecule has 1 N–H and O–H groups in total. The van der Waals surface area contributed by atoms with E-state index in [1.807, 2.05) is 42.5 Å². The van der Waals surface area contributed by atoms with Crippen molar-refractivity contribution in [3.05, 3.63) is 42.0 Å². The summed E-state index contributed by atoms with van der Waals surface area (Å²) in [5.74, 6) is 0. The molecule has 0 aliphatic carbocycles. The molecule has 0 saturated carbocycles. The number of hydrogen-bond donors (Lipinski definition) is 1. The van der Waals surface area contributed by atoms with E-state index >= 15 is 0 Å². The van der Waals surface area contributed by atoms with E-state index in [1.165, 1.54) is 0 Å². The van der Waals surface area contributed by atoms with Crippen molar-refractivity contribution >= 4 is 14.4 Å². The molecule has 0 spiro atoms. The Kier molecular flexibility index (Phi) is 5.36. The highest BCUT2D eigenvalue weighted by molar-refractivity contribution is 6.74. The van der Waals surface area contributed by atoms with E-state index in [2.05, 4.69) is 33.9 Å². The van der Waals surface area contributed by atoms with Crippen molar-refractivity contribution in [3.8, 4) is 0 Å². The lowest BCUT2D eigenvalue weighted by Crippen LogP contribution is -2.44. The van der Waals surface area contributed by atoms with Crippen LogP contribution in [0.3, 0.4) is 0 Å². The van der Waals surface area contributed by atoms with Gasteiger partial charge in [0.25, 0.3) is 0 Å². The number of hydrogen-bond acceptors (Lipinski definition) is 2. The van der Waals surface area contributed by atoms with Gasteiger partial charge in [-0.3, -0.25) is 0 Å². The first-order valence-electron chi connectivity index (χ1n) is 7.14. The first-order chi connectivity index (χ1) is 9.04. The van der Waals surface area contributed by atoms with Crippen LogP contribution in [-0.2, 0) is 4.43 Å². The summed E-state index contributed by atoms with van der Waals surface area (Å²) in [6.07, 6.45) is 3.75. The third-order valence-corrected chi connectivity index (χ3v) is 8.44. The van der Waals surface area contributed by atoms with Crippen molar-refractivity contribution in [2.75, 3.05) is 6.61 Å². The second-order valence-electron chi connectivity index (χ2n) is 7.15. The summed E-state index contributed by atoms with van der Waals surface area (Å²) in [5, 5.41) is 10.6. The molecule has 0 radical (unpaired) electrons. The molecule has 0 aliphatic heterocycles. The van der Waals surface area contributed by atoms with E-state index in [0.29, 0.717) is 6.61 Å². The van der Waals surface area contributed by atoms with Crippen molar-refractivity contribution in [2.24, 2.45) is 0 Å². The van der Waals surface area contributed by atoms with Gasteiger partial charge in [0.2, 0.25) is 0 Å². The Balaban J connectivity index is 2.65. The molecule has 0 bridgehead atoms. The van der Waals surface area contributed by atoms with Crippen molar-refractivity contribution in [2.45, 2.75) is 51.4 Å². The lowest BCUT2D eigenvalue weighted by Gasteiger charge is -2.38. The van der Waals surface area contributed by atoms with Crippen LogP contribution in [0.25, 0.3) is 6.08 Å². The van der Waals surface area contributed by atoms with Crippen LogP contribution in [0.5, 0.6) is 0 Å². The minimum Gasteiger partial charge on any atom is -0.414 e. The molecule has 112 valence electrons. The van der Waals surface area contributed by atoms with Gasteiger partial charge >= 0.3 is 0 Å². The summed E-state index contributed by atoms with van der Waals surface area (Å²) in [5.41, 5.74) is 0.144. The first-order valence-corrected chi connectivity index (χ1v) is 10.0. The molecule has 1 aromatic rings. The van der Waals surface area contributed by atoms with Crippen molar-refractivity contribution in [3.63, 3.8) is 0 Å². The molecular weight excluding hydrogens is 264 g/mol. The molecular formula is C17H28O2Si. The molecule has 1 rings (SSSR count). The lowest BCUT2D eigenvalue weighted by molar-refractivity contribution is 0.0491. The smallest absolute Gasteiger partial charge is 0.192 e. The van der Waals surface area contributed by atoms with Crippen LogP contribution in [0.1, 0.15) is 33.3 Å². The predicted octanol–water partition coefficient (Wildman–Crippen LogP) is 4.47. The maximum Gasteiger partial charge on any atom is 0.192 e. The Morgan fingerprint density at radius 2 is 1.65 bits per heavy atom. The summed E-state index contributed by atoms with van der Waals surface area (Å²) in [6.45, 7) is 13.1. The van der Waals surface area contributed by atoms with Gasteiger partial charge in [0.15, 0.2) is 8.32 Å². The van der Waals surface area contributed by atoms with Crippen LogP contribution in [-0.4, -0.2) is 25.6 Å². The average Bonchev–Trinajstić information content (AvgIpc) is 2.34. The molecule has 0 heterocycles. The van der Waals surface area contributed by atoms with E-state index in [-0.39, 0.29) is 5.04 Å². The van der Waals surface area contributed by atoms with Gasteiger partial charge in [0.05, 0.1) is 6.61 Å². The van der Waals surface area contributed by atoms with Crippen LogP contribution in [0, 0.1) is 0 Å². The minimum atomic E-state index is -1.82. The third-order valence-electron chi connectivity index (χ3n) is 3.97. The standard InChI is InChI=1S/C17H28O2Si/c1-16(2,3)20(5,6)19-14-17(4,18)13-12-15-10-8-7-9-11-15/h7-13,18H,14H2,1-6H3/b13-12+/t17-/m0/s1. The van der Waals surface area contributed by atoms with Gasteiger partial charge in [-0.1, -0.05) is 63.3 Å². The van der Waals surface area contributed by atoms with E-state index in [0.717, 1.165) is 5.56 Å². The quantitative estimate of drug-likeness (QED) is 0.811. The molecule has 3 heteroatoms. The van der Waals surface area contributed by atoms with Crippen LogP contribution >= 0.6 is 0 Å². The van der Waals surface area contributed by atoms with Crippen molar-refractivity contribution in [1.29, 1.82) is 0 Å². The largest absolute Gasteiger partial charge is 0.414 e. The second kappa shape index (κ2) is 6.25. The average molecular weight is 292 g/mol. The predicted molar refractivity (Wildman–Crippen MR) is 89.2 cm³/mol. The number of benzene rings is 1. The zero-order valence-corrected chi connectivity index (χ0v) is 14.6. The van der Waals surface area contributed by atoms with Gasteiger partial charge in [-0.15, -0.1) is 0 Å².